The van der Waals surface area contributed by atoms with Crippen molar-refractivity contribution in [3.05, 3.63) is 16.4 Å². The highest BCUT2D eigenvalue weighted by molar-refractivity contribution is 9.10. The van der Waals surface area contributed by atoms with Crippen LogP contribution in [-0.4, -0.2) is 34.1 Å². The second-order valence-corrected chi connectivity index (χ2v) is 4.26. The second-order valence-electron chi connectivity index (χ2n) is 3.41. The Hall–Kier alpha value is -0.840. The lowest BCUT2D eigenvalue weighted by Gasteiger charge is -2.36. The van der Waals surface area contributed by atoms with Crippen LogP contribution in [0.3, 0.4) is 0 Å². The van der Waals surface area contributed by atoms with E-state index in [9.17, 15) is 4.79 Å². The Morgan fingerprint density at radius 1 is 1.77 bits per heavy atom. The Morgan fingerprint density at radius 2 is 2.46 bits per heavy atom. The fraction of sp³-hybridized carbons (Fsp3) is 0.500. The first-order chi connectivity index (χ1) is 6.18. The van der Waals surface area contributed by atoms with Crippen LogP contribution >= 0.6 is 15.9 Å². The average molecular weight is 244 g/mol. The highest BCUT2D eigenvalue weighted by Crippen LogP contribution is 2.20. The molecule has 1 aromatic rings. The summed E-state index contributed by atoms with van der Waals surface area (Å²) >= 11 is 3.26. The molecule has 70 valence electrons. The number of nitrogens with one attached hydrogen (secondary N) is 1. The molecule has 1 amide bonds. The van der Waals surface area contributed by atoms with E-state index in [1.807, 2.05) is 4.90 Å². The zero-order valence-electron chi connectivity index (χ0n) is 7.25. The van der Waals surface area contributed by atoms with E-state index in [0.29, 0.717) is 11.6 Å². The second kappa shape index (κ2) is 3.14. The number of halogens is 1. The van der Waals surface area contributed by atoms with Crippen LogP contribution in [0.15, 0.2) is 10.7 Å². The number of nitrogens with zero attached hydrogens (tertiary/aromatic N) is 2. The fourth-order valence-electron chi connectivity index (χ4n) is 1.44. The molecule has 2 rings (SSSR count). The number of aromatic nitrogens is 2. The Balaban J connectivity index is 2.10. The largest absolute Gasteiger partial charge is 0.337 e. The van der Waals surface area contributed by atoms with Gasteiger partial charge in [-0.15, -0.1) is 0 Å². The number of hydrogen-bond donors (Lipinski definition) is 1. The summed E-state index contributed by atoms with van der Waals surface area (Å²) < 4.78 is 0.733. The number of amides is 1. The SMILES string of the molecule is CC1CN(C(=O)c2[nH]ncc2Br)C1. The van der Waals surface area contributed by atoms with E-state index in [1.165, 1.54) is 0 Å². The zero-order valence-corrected chi connectivity index (χ0v) is 8.84. The lowest BCUT2D eigenvalue weighted by atomic mass is 10.0. The fourth-order valence-corrected chi connectivity index (χ4v) is 1.80. The van der Waals surface area contributed by atoms with Crippen molar-refractivity contribution >= 4 is 21.8 Å². The van der Waals surface area contributed by atoms with Crippen molar-refractivity contribution in [2.24, 2.45) is 5.92 Å². The summed E-state index contributed by atoms with van der Waals surface area (Å²) in [5, 5.41) is 6.46. The molecule has 1 aromatic heterocycles. The van der Waals surface area contributed by atoms with E-state index in [1.54, 1.807) is 6.20 Å². The van der Waals surface area contributed by atoms with Gasteiger partial charge in [-0.25, -0.2) is 0 Å². The van der Waals surface area contributed by atoms with Crippen LogP contribution < -0.4 is 0 Å². The summed E-state index contributed by atoms with van der Waals surface area (Å²) in [5.41, 5.74) is 0.548. The minimum atomic E-state index is 0.0301. The van der Waals surface area contributed by atoms with Crippen molar-refractivity contribution in [1.82, 2.24) is 15.1 Å². The van der Waals surface area contributed by atoms with Crippen molar-refractivity contribution in [2.75, 3.05) is 13.1 Å². The zero-order chi connectivity index (χ0) is 9.42. The third-order valence-corrected chi connectivity index (χ3v) is 2.76. The molecule has 0 radical (unpaired) electrons. The molecule has 1 saturated heterocycles. The van der Waals surface area contributed by atoms with Crippen LogP contribution in [-0.2, 0) is 0 Å². The van der Waals surface area contributed by atoms with Gasteiger partial charge in [0.05, 0.1) is 10.7 Å². The summed E-state index contributed by atoms with van der Waals surface area (Å²) in [6.45, 7) is 3.83. The molecule has 0 aromatic carbocycles. The molecule has 13 heavy (non-hydrogen) atoms. The van der Waals surface area contributed by atoms with E-state index in [0.717, 1.165) is 17.6 Å². The summed E-state index contributed by atoms with van der Waals surface area (Å²) in [4.78, 5) is 13.5. The van der Waals surface area contributed by atoms with Gasteiger partial charge < -0.3 is 4.90 Å². The molecular weight excluding hydrogens is 234 g/mol. The Kier molecular flexibility index (Phi) is 2.11. The highest BCUT2D eigenvalue weighted by Gasteiger charge is 2.29. The van der Waals surface area contributed by atoms with Gasteiger partial charge in [-0.2, -0.15) is 5.10 Å². The minimum Gasteiger partial charge on any atom is -0.337 e. The maximum atomic E-state index is 11.7. The third kappa shape index (κ3) is 1.48. The molecule has 0 atom stereocenters. The number of rotatable bonds is 1. The van der Waals surface area contributed by atoms with Crippen molar-refractivity contribution in [2.45, 2.75) is 6.92 Å². The van der Waals surface area contributed by atoms with E-state index < -0.39 is 0 Å². The average Bonchev–Trinajstić information content (AvgIpc) is 2.44. The molecule has 0 aliphatic carbocycles. The molecule has 1 N–H and O–H groups in total. The van der Waals surface area contributed by atoms with Gasteiger partial charge in [0.25, 0.3) is 5.91 Å². The van der Waals surface area contributed by atoms with Gasteiger partial charge in [0.1, 0.15) is 5.69 Å². The number of aromatic amines is 1. The van der Waals surface area contributed by atoms with Gasteiger partial charge in [0.2, 0.25) is 0 Å². The number of H-pyrrole nitrogens is 1. The predicted octanol–water partition coefficient (Wildman–Crippen LogP) is 1.26. The summed E-state index contributed by atoms with van der Waals surface area (Å²) in [6.07, 6.45) is 1.59. The smallest absolute Gasteiger partial charge is 0.273 e. The third-order valence-electron chi connectivity index (χ3n) is 2.16. The Bertz CT molecular complexity index is 330. The topological polar surface area (TPSA) is 49.0 Å². The monoisotopic (exact) mass is 243 g/mol. The van der Waals surface area contributed by atoms with Gasteiger partial charge in [0.15, 0.2) is 0 Å². The lowest BCUT2D eigenvalue weighted by molar-refractivity contribution is 0.0523. The Morgan fingerprint density at radius 3 is 2.92 bits per heavy atom. The first kappa shape index (κ1) is 8.74. The van der Waals surface area contributed by atoms with Crippen LogP contribution in [0.1, 0.15) is 17.4 Å². The molecule has 0 unspecified atom stereocenters. The quantitative estimate of drug-likeness (QED) is 0.808. The van der Waals surface area contributed by atoms with Crippen molar-refractivity contribution in [1.29, 1.82) is 0 Å². The number of carbonyl (C=O) groups is 1. The van der Waals surface area contributed by atoms with E-state index in [2.05, 4.69) is 33.1 Å². The number of hydrogen-bond acceptors (Lipinski definition) is 2. The van der Waals surface area contributed by atoms with E-state index >= 15 is 0 Å². The molecule has 1 fully saturated rings. The first-order valence-electron chi connectivity index (χ1n) is 4.16. The van der Waals surface area contributed by atoms with Crippen LogP contribution in [0.4, 0.5) is 0 Å². The van der Waals surface area contributed by atoms with Gasteiger partial charge in [-0.1, -0.05) is 6.92 Å². The van der Waals surface area contributed by atoms with Crippen LogP contribution in [0.5, 0.6) is 0 Å². The predicted molar refractivity (Wildman–Crippen MR) is 51.4 cm³/mol. The minimum absolute atomic E-state index is 0.0301. The van der Waals surface area contributed by atoms with Gasteiger partial charge in [0, 0.05) is 13.1 Å². The standard InChI is InChI=1S/C8H10BrN3O/c1-5-3-12(4-5)8(13)7-6(9)2-10-11-7/h2,5H,3-4H2,1H3,(H,10,11). The molecule has 1 aliphatic rings. The summed E-state index contributed by atoms with van der Waals surface area (Å²) in [5.74, 6) is 0.660. The lowest BCUT2D eigenvalue weighted by Crippen LogP contribution is -2.48. The van der Waals surface area contributed by atoms with Crippen LogP contribution in [0.25, 0.3) is 0 Å². The maximum absolute atomic E-state index is 11.7. The molecule has 4 nitrogen and oxygen atoms in total. The van der Waals surface area contributed by atoms with Gasteiger partial charge in [-0.3, -0.25) is 9.89 Å². The Labute approximate surface area is 84.4 Å². The molecule has 2 heterocycles. The van der Waals surface area contributed by atoms with Crippen molar-refractivity contribution in [3.63, 3.8) is 0 Å². The number of likely N-dealkylation sites (tertiary alicyclic amines) is 1. The summed E-state index contributed by atoms with van der Waals surface area (Å²) in [7, 11) is 0. The molecule has 0 saturated carbocycles. The normalized spacial score (nSPS) is 17.2. The van der Waals surface area contributed by atoms with E-state index in [-0.39, 0.29) is 5.91 Å². The molecule has 0 bridgehead atoms. The molecule has 0 spiro atoms. The molecular formula is C8H10BrN3O. The van der Waals surface area contributed by atoms with Crippen molar-refractivity contribution in [3.8, 4) is 0 Å². The van der Waals surface area contributed by atoms with Crippen LogP contribution in [0, 0.1) is 5.92 Å². The highest BCUT2D eigenvalue weighted by atomic mass is 79.9. The number of carbonyl (C=O) groups excluding carboxylic acids is 1. The maximum Gasteiger partial charge on any atom is 0.273 e. The molecule has 5 heteroatoms. The summed E-state index contributed by atoms with van der Waals surface area (Å²) in [6, 6.07) is 0. The van der Waals surface area contributed by atoms with Crippen LogP contribution in [0.2, 0.25) is 0 Å². The van der Waals surface area contributed by atoms with E-state index in [4.69, 9.17) is 0 Å². The first-order valence-corrected chi connectivity index (χ1v) is 4.96. The van der Waals surface area contributed by atoms with Gasteiger partial charge >= 0.3 is 0 Å². The molecule has 1 aliphatic heterocycles. The van der Waals surface area contributed by atoms with Crippen molar-refractivity contribution < 1.29 is 4.79 Å². The van der Waals surface area contributed by atoms with Gasteiger partial charge in [-0.05, 0) is 21.8 Å².